The number of hydrogen-bond acceptors (Lipinski definition) is 7. The van der Waals surface area contributed by atoms with Gasteiger partial charge in [-0.2, -0.15) is 0 Å². The molecule has 170 valence electrons. The Morgan fingerprint density at radius 3 is 2.69 bits per heavy atom. The lowest BCUT2D eigenvalue weighted by atomic mass is 9.86. The molecule has 3 aromatic rings. The predicted octanol–water partition coefficient (Wildman–Crippen LogP) is 2.48. The summed E-state index contributed by atoms with van der Waals surface area (Å²) in [7, 11) is 0. The van der Waals surface area contributed by atoms with Gasteiger partial charge in [-0.1, -0.05) is 32.9 Å². The van der Waals surface area contributed by atoms with Gasteiger partial charge in [0.2, 0.25) is 5.91 Å². The number of para-hydroxylation sites is 1. The molecule has 0 aliphatic carbocycles. The number of nitrogens with one attached hydrogen (secondary N) is 1. The molecule has 0 saturated carbocycles. The van der Waals surface area contributed by atoms with Gasteiger partial charge in [-0.05, 0) is 52.9 Å². The van der Waals surface area contributed by atoms with E-state index in [4.69, 9.17) is 4.74 Å². The monoisotopic (exact) mass is 441 g/mol. The fourth-order valence-electron chi connectivity index (χ4n) is 3.71. The largest absolute Gasteiger partial charge is 0.488 e. The number of carbonyl (C=O) groups is 1. The van der Waals surface area contributed by atoms with Crippen LogP contribution in [0.25, 0.3) is 5.65 Å². The van der Waals surface area contributed by atoms with Crippen molar-refractivity contribution >= 4 is 17.4 Å². The lowest BCUT2D eigenvalue weighted by Crippen LogP contribution is -2.51. The quantitative estimate of drug-likeness (QED) is 0.628. The number of piperidine rings is 1. The molecule has 0 spiro atoms. The zero-order chi connectivity index (χ0) is 22.7. The van der Waals surface area contributed by atoms with Crippen LogP contribution in [0.5, 0.6) is 5.75 Å². The minimum Gasteiger partial charge on any atom is -0.488 e. The number of rotatable bonds is 6. The number of aromatic nitrogens is 5. The summed E-state index contributed by atoms with van der Waals surface area (Å²) in [6.07, 6.45) is 1.43. The summed E-state index contributed by atoms with van der Waals surface area (Å²) < 4.78 is 21.0. The smallest absolute Gasteiger partial charge is 0.223 e. The van der Waals surface area contributed by atoms with Gasteiger partial charge in [-0.25, -0.2) is 4.39 Å². The fourth-order valence-corrected chi connectivity index (χ4v) is 3.71. The molecule has 32 heavy (non-hydrogen) atoms. The van der Waals surface area contributed by atoms with E-state index >= 15 is 0 Å². The Morgan fingerprint density at radius 1 is 1.22 bits per heavy atom. The highest BCUT2D eigenvalue weighted by atomic mass is 19.1. The Balaban J connectivity index is 1.34. The molecule has 10 heteroatoms. The second-order valence-electron chi connectivity index (χ2n) is 9.15. The van der Waals surface area contributed by atoms with Gasteiger partial charge < -0.3 is 15.0 Å². The Morgan fingerprint density at radius 2 is 1.97 bits per heavy atom. The van der Waals surface area contributed by atoms with E-state index in [0.717, 1.165) is 5.82 Å². The van der Waals surface area contributed by atoms with Crippen LogP contribution in [0.2, 0.25) is 0 Å². The number of ether oxygens (including phenoxy) is 1. The number of amides is 1. The molecule has 0 bridgehead atoms. The number of tetrazole rings is 1. The maximum absolute atomic E-state index is 13.9. The van der Waals surface area contributed by atoms with Crippen molar-refractivity contribution < 1.29 is 13.9 Å². The van der Waals surface area contributed by atoms with Crippen molar-refractivity contribution in [2.75, 3.05) is 24.6 Å². The maximum atomic E-state index is 13.9. The molecule has 1 fully saturated rings. The van der Waals surface area contributed by atoms with E-state index in [2.05, 4.69) is 30.8 Å². The van der Waals surface area contributed by atoms with Crippen molar-refractivity contribution in [2.45, 2.75) is 39.7 Å². The molecule has 1 aliphatic rings. The van der Waals surface area contributed by atoms with E-state index in [-0.39, 0.29) is 35.6 Å². The van der Waals surface area contributed by atoms with E-state index in [0.29, 0.717) is 31.6 Å². The third kappa shape index (κ3) is 4.95. The molecule has 1 aromatic carbocycles. The van der Waals surface area contributed by atoms with Crippen LogP contribution in [-0.4, -0.2) is 56.9 Å². The van der Waals surface area contributed by atoms with Gasteiger partial charge in [0, 0.05) is 19.0 Å². The van der Waals surface area contributed by atoms with E-state index in [1.807, 2.05) is 32.9 Å². The highest BCUT2D eigenvalue weighted by molar-refractivity contribution is 5.79. The van der Waals surface area contributed by atoms with E-state index in [1.54, 1.807) is 18.2 Å². The Kier molecular flexibility index (Phi) is 6.20. The Bertz CT molecular complexity index is 1070. The third-order valence-electron chi connectivity index (χ3n) is 5.85. The molecule has 1 saturated heterocycles. The molecule has 1 amide bonds. The summed E-state index contributed by atoms with van der Waals surface area (Å²) in [5.41, 5.74) is 0.348. The third-order valence-corrected chi connectivity index (χ3v) is 5.85. The first-order valence-electron chi connectivity index (χ1n) is 10.8. The molecule has 1 aliphatic heterocycles. The van der Waals surface area contributed by atoms with E-state index in [1.165, 1.54) is 10.7 Å². The molecular weight excluding hydrogens is 413 g/mol. The summed E-state index contributed by atoms with van der Waals surface area (Å²) in [6, 6.07) is 9.76. The minimum atomic E-state index is -0.410. The van der Waals surface area contributed by atoms with Gasteiger partial charge in [-0.3, -0.25) is 4.79 Å². The predicted molar refractivity (Wildman–Crippen MR) is 117 cm³/mol. The lowest BCUT2D eigenvalue weighted by molar-refractivity contribution is -0.127. The molecular formula is C22H28FN7O2. The van der Waals surface area contributed by atoms with Gasteiger partial charge in [-0.15, -0.1) is 14.8 Å². The van der Waals surface area contributed by atoms with Gasteiger partial charge in [0.25, 0.3) is 0 Å². The number of benzene rings is 1. The number of anilines is 1. The number of nitrogens with zero attached hydrogens (tertiary/aromatic N) is 6. The van der Waals surface area contributed by atoms with Crippen molar-refractivity contribution in [3.05, 3.63) is 42.2 Å². The van der Waals surface area contributed by atoms with Crippen LogP contribution in [0.15, 0.2) is 36.4 Å². The molecule has 9 nitrogen and oxygen atoms in total. The normalized spacial score (nSPS) is 16.2. The molecule has 2 aromatic heterocycles. The number of carbonyl (C=O) groups excluding carboxylic acids is 1. The van der Waals surface area contributed by atoms with Crippen molar-refractivity contribution in [1.82, 2.24) is 30.6 Å². The van der Waals surface area contributed by atoms with Crippen LogP contribution < -0.4 is 15.0 Å². The summed E-state index contributed by atoms with van der Waals surface area (Å²) in [5, 5.41) is 18.9. The number of fused-ring (bicyclic) bond motifs is 1. The van der Waals surface area contributed by atoms with Crippen molar-refractivity contribution in [3.63, 3.8) is 0 Å². The average Bonchev–Trinajstić information content (AvgIpc) is 3.25. The minimum absolute atomic E-state index is 0.00518. The average molecular weight is 442 g/mol. The summed E-state index contributed by atoms with van der Waals surface area (Å²) in [4.78, 5) is 15.1. The highest BCUT2D eigenvalue weighted by Gasteiger charge is 2.32. The van der Waals surface area contributed by atoms with Gasteiger partial charge >= 0.3 is 0 Å². The topological polar surface area (TPSA) is 97.5 Å². The second-order valence-corrected chi connectivity index (χ2v) is 9.15. The van der Waals surface area contributed by atoms with Crippen LogP contribution in [0.3, 0.4) is 0 Å². The second kappa shape index (κ2) is 9.05. The zero-order valence-electron chi connectivity index (χ0n) is 18.5. The van der Waals surface area contributed by atoms with Crippen LogP contribution in [0, 0.1) is 17.2 Å². The lowest BCUT2D eigenvalue weighted by Gasteiger charge is -2.35. The molecule has 4 rings (SSSR count). The van der Waals surface area contributed by atoms with Gasteiger partial charge in [0.1, 0.15) is 6.61 Å². The molecule has 1 unspecified atom stereocenters. The molecule has 0 radical (unpaired) electrons. The van der Waals surface area contributed by atoms with E-state index < -0.39 is 5.82 Å². The fraction of sp³-hybridized carbons (Fsp3) is 0.500. The van der Waals surface area contributed by atoms with Crippen LogP contribution in [-0.2, 0) is 4.79 Å². The first-order valence-corrected chi connectivity index (χ1v) is 10.8. The SMILES string of the molecule is CC(C)(C)C(COc1ccccc1F)NC(=O)C1CCN(c2ccc3nnnn3n2)CC1. The zero-order valence-corrected chi connectivity index (χ0v) is 18.5. The van der Waals surface area contributed by atoms with Crippen LogP contribution in [0.4, 0.5) is 10.2 Å². The van der Waals surface area contributed by atoms with E-state index in [9.17, 15) is 9.18 Å². The maximum Gasteiger partial charge on any atom is 0.223 e. The first kappa shape index (κ1) is 21.9. The Hall–Kier alpha value is -3.30. The summed E-state index contributed by atoms with van der Waals surface area (Å²) >= 11 is 0. The summed E-state index contributed by atoms with van der Waals surface area (Å²) in [5.74, 6) is 0.477. The number of halogens is 1. The van der Waals surface area contributed by atoms with Crippen molar-refractivity contribution in [2.24, 2.45) is 11.3 Å². The summed E-state index contributed by atoms with van der Waals surface area (Å²) in [6.45, 7) is 7.73. The van der Waals surface area contributed by atoms with Crippen LogP contribution >= 0.6 is 0 Å². The standard InChI is InChI=1S/C22H28FN7O2/c1-22(2,3)18(14-32-17-7-5-4-6-16(17)23)24-21(31)15-10-12-29(13-11-15)20-9-8-19-25-27-28-30(19)26-20/h4-9,15,18H,10-14H2,1-3H3,(H,24,31). The molecule has 1 atom stereocenters. The first-order chi connectivity index (χ1) is 15.3. The van der Waals surface area contributed by atoms with Crippen molar-refractivity contribution in [1.29, 1.82) is 0 Å². The number of hydrogen-bond donors (Lipinski definition) is 1. The highest BCUT2D eigenvalue weighted by Crippen LogP contribution is 2.25. The molecule has 3 heterocycles. The molecule has 1 N–H and O–H groups in total. The van der Waals surface area contributed by atoms with Gasteiger partial charge in [0.15, 0.2) is 23.0 Å². The van der Waals surface area contributed by atoms with Crippen LogP contribution in [0.1, 0.15) is 33.6 Å². The van der Waals surface area contributed by atoms with Crippen molar-refractivity contribution in [3.8, 4) is 5.75 Å². The van der Waals surface area contributed by atoms with Gasteiger partial charge in [0.05, 0.1) is 6.04 Å². The Labute approximate surface area is 185 Å².